The Morgan fingerprint density at radius 2 is 2.04 bits per heavy atom. The van der Waals surface area contributed by atoms with Crippen molar-refractivity contribution < 1.29 is 33.7 Å². The molecule has 7 nitrogen and oxygen atoms in total. The zero-order valence-corrected chi connectivity index (χ0v) is 13.7. The number of rotatable bonds is 8. The predicted octanol–water partition coefficient (Wildman–Crippen LogP) is 1.48. The third-order valence-electron chi connectivity index (χ3n) is 4.32. The van der Waals surface area contributed by atoms with Crippen molar-refractivity contribution in [3.8, 4) is 0 Å². The molecule has 2 rings (SSSR count). The number of epoxide rings is 1. The molecule has 0 aromatic rings. The van der Waals surface area contributed by atoms with Crippen molar-refractivity contribution in [1.82, 2.24) is 0 Å². The van der Waals surface area contributed by atoms with Gasteiger partial charge in [0.15, 0.2) is 0 Å². The third-order valence-corrected chi connectivity index (χ3v) is 4.32. The molecule has 3 atom stereocenters. The number of hydrogen-bond acceptors (Lipinski definition) is 6. The van der Waals surface area contributed by atoms with Crippen LogP contribution in [0.2, 0.25) is 0 Å². The Hall–Kier alpha value is -2.15. The summed E-state index contributed by atoms with van der Waals surface area (Å²) in [6, 6.07) is 0. The average molecular weight is 338 g/mol. The van der Waals surface area contributed by atoms with E-state index in [1.54, 1.807) is 12.2 Å². The number of hydrogen-bond donors (Lipinski definition) is 1. The molecule has 3 unspecified atom stereocenters. The molecule has 24 heavy (non-hydrogen) atoms. The SMILES string of the molecule is C=C(C)C(=O)OCCC1(C(=O)OCC2CO2)CC=CCC1C(=O)O. The van der Waals surface area contributed by atoms with Crippen LogP contribution in [0.1, 0.15) is 26.2 Å². The van der Waals surface area contributed by atoms with E-state index in [2.05, 4.69) is 6.58 Å². The van der Waals surface area contributed by atoms with Gasteiger partial charge in [-0.15, -0.1) is 0 Å². The molecule has 0 bridgehead atoms. The number of esters is 2. The maximum atomic E-state index is 12.6. The topological polar surface area (TPSA) is 102 Å². The summed E-state index contributed by atoms with van der Waals surface area (Å²) < 4.78 is 15.3. The molecule has 1 heterocycles. The van der Waals surface area contributed by atoms with Crippen molar-refractivity contribution in [2.75, 3.05) is 19.8 Å². The molecule has 0 radical (unpaired) electrons. The van der Waals surface area contributed by atoms with Crippen molar-refractivity contribution in [2.45, 2.75) is 32.3 Å². The van der Waals surface area contributed by atoms with Crippen LogP contribution in [-0.2, 0) is 28.6 Å². The lowest BCUT2D eigenvalue weighted by atomic mass is 9.66. The first-order valence-corrected chi connectivity index (χ1v) is 7.86. The van der Waals surface area contributed by atoms with Gasteiger partial charge in [-0.2, -0.15) is 0 Å². The van der Waals surface area contributed by atoms with E-state index in [0.29, 0.717) is 6.61 Å². The molecule has 0 amide bonds. The van der Waals surface area contributed by atoms with Crippen molar-refractivity contribution in [1.29, 1.82) is 0 Å². The summed E-state index contributed by atoms with van der Waals surface area (Å²) in [5, 5.41) is 9.52. The second kappa shape index (κ2) is 7.61. The van der Waals surface area contributed by atoms with Crippen molar-refractivity contribution in [3.05, 3.63) is 24.3 Å². The van der Waals surface area contributed by atoms with Gasteiger partial charge in [0.1, 0.15) is 12.7 Å². The van der Waals surface area contributed by atoms with Gasteiger partial charge < -0.3 is 19.3 Å². The van der Waals surface area contributed by atoms with Gasteiger partial charge in [-0.05, 0) is 26.2 Å². The zero-order valence-electron chi connectivity index (χ0n) is 13.7. The van der Waals surface area contributed by atoms with Crippen LogP contribution < -0.4 is 0 Å². The number of ether oxygens (including phenoxy) is 3. The second-order valence-corrected chi connectivity index (χ2v) is 6.18. The van der Waals surface area contributed by atoms with Gasteiger partial charge in [-0.1, -0.05) is 18.7 Å². The van der Waals surface area contributed by atoms with E-state index >= 15 is 0 Å². The monoisotopic (exact) mass is 338 g/mol. The van der Waals surface area contributed by atoms with Crippen LogP contribution in [0.5, 0.6) is 0 Å². The highest BCUT2D eigenvalue weighted by molar-refractivity contribution is 5.87. The fourth-order valence-electron chi connectivity index (χ4n) is 2.76. The van der Waals surface area contributed by atoms with Crippen molar-refractivity contribution in [2.24, 2.45) is 11.3 Å². The third kappa shape index (κ3) is 4.23. The van der Waals surface area contributed by atoms with Crippen LogP contribution in [0.4, 0.5) is 0 Å². The Bertz CT molecular complexity index is 561. The van der Waals surface area contributed by atoms with Crippen LogP contribution in [0.15, 0.2) is 24.3 Å². The molecule has 7 heteroatoms. The molecule has 1 fully saturated rings. The highest BCUT2D eigenvalue weighted by atomic mass is 16.6. The highest BCUT2D eigenvalue weighted by Gasteiger charge is 2.50. The minimum Gasteiger partial charge on any atom is -0.481 e. The van der Waals surface area contributed by atoms with Gasteiger partial charge in [0, 0.05) is 5.57 Å². The summed E-state index contributed by atoms with van der Waals surface area (Å²) in [6.07, 6.45) is 3.97. The number of carboxylic acid groups (broad SMARTS) is 1. The number of aliphatic carboxylic acids is 1. The first-order chi connectivity index (χ1) is 11.4. The van der Waals surface area contributed by atoms with E-state index in [9.17, 15) is 19.5 Å². The van der Waals surface area contributed by atoms with E-state index in [1.807, 2.05) is 0 Å². The quantitative estimate of drug-likeness (QED) is 0.309. The molecule has 1 N–H and O–H groups in total. The lowest BCUT2D eigenvalue weighted by Gasteiger charge is -2.37. The maximum absolute atomic E-state index is 12.6. The number of allylic oxidation sites excluding steroid dienone is 2. The van der Waals surface area contributed by atoms with Crippen LogP contribution in [0, 0.1) is 11.3 Å². The van der Waals surface area contributed by atoms with Crippen LogP contribution in [0.3, 0.4) is 0 Å². The number of carboxylic acids is 1. The minimum atomic E-state index is -1.25. The van der Waals surface area contributed by atoms with Gasteiger partial charge in [0.05, 0.1) is 24.5 Å². The normalized spacial score (nSPS) is 28.0. The molecular weight excluding hydrogens is 316 g/mol. The summed E-state index contributed by atoms with van der Waals surface area (Å²) in [6.45, 7) is 5.59. The van der Waals surface area contributed by atoms with Crippen LogP contribution in [0.25, 0.3) is 0 Å². The maximum Gasteiger partial charge on any atom is 0.333 e. The van der Waals surface area contributed by atoms with Gasteiger partial charge in [-0.25, -0.2) is 4.79 Å². The van der Waals surface area contributed by atoms with E-state index in [0.717, 1.165) is 0 Å². The fraction of sp³-hybridized carbons (Fsp3) is 0.588. The lowest BCUT2D eigenvalue weighted by molar-refractivity contribution is -0.170. The van der Waals surface area contributed by atoms with Crippen molar-refractivity contribution >= 4 is 17.9 Å². The first-order valence-electron chi connectivity index (χ1n) is 7.86. The van der Waals surface area contributed by atoms with Gasteiger partial charge in [-0.3, -0.25) is 9.59 Å². The Morgan fingerprint density at radius 3 is 2.62 bits per heavy atom. The molecule has 0 spiro atoms. The Labute approximate surface area is 140 Å². The van der Waals surface area contributed by atoms with Crippen LogP contribution in [-0.4, -0.2) is 48.9 Å². The predicted molar refractivity (Wildman–Crippen MR) is 83.0 cm³/mol. The van der Waals surface area contributed by atoms with Crippen LogP contribution >= 0.6 is 0 Å². The average Bonchev–Trinajstić information content (AvgIpc) is 3.36. The van der Waals surface area contributed by atoms with E-state index in [4.69, 9.17) is 14.2 Å². The summed E-state index contributed by atoms with van der Waals surface area (Å²) in [5.41, 5.74) is -0.999. The molecule has 1 aliphatic heterocycles. The molecule has 1 aliphatic carbocycles. The van der Waals surface area contributed by atoms with Gasteiger partial charge >= 0.3 is 17.9 Å². The first kappa shape index (κ1) is 18.2. The molecule has 0 aromatic carbocycles. The molecule has 0 saturated carbocycles. The Balaban J connectivity index is 2.10. The Morgan fingerprint density at radius 1 is 1.33 bits per heavy atom. The molecular formula is C17H22O7. The largest absolute Gasteiger partial charge is 0.481 e. The minimum absolute atomic E-state index is 0.0711. The van der Waals surface area contributed by atoms with E-state index in [-0.39, 0.29) is 44.2 Å². The standard InChI is InChI=1S/C17H22O7/c1-11(2)15(20)22-8-7-17(16(21)24-10-12-9-23-12)6-4-3-5-13(17)14(18)19/h3-4,12-13H,1,5-10H2,2H3,(H,18,19). The molecule has 0 aromatic heterocycles. The summed E-state index contributed by atoms with van der Waals surface area (Å²) in [5.74, 6) is -3.13. The smallest absolute Gasteiger partial charge is 0.333 e. The van der Waals surface area contributed by atoms with Crippen molar-refractivity contribution in [3.63, 3.8) is 0 Å². The summed E-state index contributed by atoms with van der Waals surface area (Å²) in [7, 11) is 0. The molecule has 1 saturated heterocycles. The highest BCUT2D eigenvalue weighted by Crippen LogP contribution is 2.43. The Kier molecular flexibility index (Phi) is 5.77. The number of carbonyl (C=O) groups is 3. The molecule has 2 aliphatic rings. The number of carbonyl (C=O) groups excluding carboxylic acids is 2. The lowest BCUT2D eigenvalue weighted by Crippen LogP contribution is -2.46. The summed E-state index contributed by atoms with van der Waals surface area (Å²) >= 11 is 0. The second-order valence-electron chi connectivity index (χ2n) is 6.18. The summed E-state index contributed by atoms with van der Waals surface area (Å²) in [4.78, 5) is 35.8. The van der Waals surface area contributed by atoms with E-state index in [1.165, 1.54) is 6.92 Å². The van der Waals surface area contributed by atoms with Gasteiger partial charge in [0.25, 0.3) is 0 Å². The molecule has 132 valence electrons. The van der Waals surface area contributed by atoms with E-state index < -0.39 is 29.2 Å². The fourth-order valence-corrected chi connectivity index (χ4v) is 2.76. The zero-order chi connectivity index (χ0) is 17.7. The van der Waals surface area contributed by atoms with Gasteiger partial charge in [0.2, 0.25) is 0 Å².